The molecule has 1 aliphatic rings. The highest BCUT2D eigenvalue weighted by Crippen LogP contribution is 2.23. The third-order valence-electron chi connectivity index (χ3n) is 6.54. The Labute approximate surface area is 208 Å². The van der Waals surface area contributed by atoms with Crippen molar-refractivity contribution < 1.29 is 9.59 Å². The summed E-state index contributed by atoms with van der Waals surface area (Å²) in [5, 5.41) is 3.73. The molecule has 35 heavy (non-hydrogen) atoms. The first-order valence-electron chi connectivity index (χ1n) is 11.7. The Hall–Kier alpha value is -3.65. The molecule has 3 heterocycles. The average Bonchev–Trinajstić information content (AvgIpc) is 3.59. The van der Waals surface area contributed by atoms with Gasteiger partial charge in [0.25, 0.3) is 11.8 Å². The van der Waals surface area contributed by atoms with Gasteiger partial charge in [-0.15, -0.1) is 0 Å². The van der Waals surface area contributed by atoms with Gasteiger partial charge in [0.2, 0.25) is 0 Å². The Balaban J connectivity index is 1.41. The first kappa shape index (κ1) is 23.1. The number of nitrogens with one attached hydrogen (secondary N) is 2. The number of carbonyl (C=O) groups is 2. The molecule has 0 radical (unpaired) electrons. The third-order valence-corrected chi connectivity index (χ3v) is 6.77. The molecule has 5 rings (SSSR count). The van der Waals surface area contributed by atoms with E-state index >= 15 is 0 Å². The lowest BCUT2D eigenvalue weighted by Gasteiger charge is -2.19. The van der Waals surface area contributed by atoms with Crippen LogP contribution in [0.5, 0.6) is 0 Å². The number of H-pyrrole nitrogens is 1. The molecule has 0 unspecified atom stereocenters. The lowest BCUT2D eigenvalue weighted by molar-refractivity contribution is 0.0791. The minimum absolute atomic E-state index is 0.0296. The van der Waals surface area contributed by atoms with Gasteiger partial charge in [0.05, 0.1) is 23.4 Å². The van der Waals surface area contributed by atoms with Crippen LogP contribution in [-0.4, -0.2) is 49.3 Å². The van der Waals surface area contributed by atoms with Gasteiger partial charge in [0, 0.05) is 54.6 Å². The van der Waals surface area contributed by atoms with Crippen molar-refractivity contribution in [3.63, 3.8) is 0 Å². The lowest BCUT2D eigenvalue weighted by Crippen LogP contribution is -2.31. The second-order valence-corrected chi connectivity index (χ2v) is 9.48. The summed E-state index contributed by atoms with van der Waals surface area (Å²) in [6.45, 7) is 3.45. The van der Waals surface area contributed by atoms with E-state index in [1.165, 1.54) is 0 Å². The molecule has 1 aliphatic heterocycles. The second-order valence-electron chi connectivity index (χ2n) is 9.04. The fourth-order valence-corrected chi connectivity index (χ4v) is 4.72. The van der Waals surface area contributed by atoms with E-state index in [9.17, 15) is 9.59 Å². The first-order chi connectivity index (χ1) is 16.9. The highest BCUT2D eigenvalue weighted by atomic mass is 35.5. The molecule has 2 amide bonds. The van der Waals surface area contributed by atoms with Crippen LogP contribution in [0.2, 0.25) is 5.02 Å². The Morgan fingerprint density at radius 2 is 1.97 bits per heavy atom. The zero-order valence-electron chi connectivity index (χ0n) is 19.7. The van der Waals surface area contributed by atoms with Crippen molar-refractivity contribution in [2.24, 2.45) is 7.05 Å². The maximum Gasteiger partial charge on any atom is 0.254 e. The van der Waals surface area contributed by atoms with E-state index in [-0.39, 0.29) is 11.8 Å². The summed E-state index contributed by atoms with van der Waals surface area (Å²) < 4.78 is 1.92. The summed E-state index contributed by atoms with van der Waals surface area (Å²) >= 11 is 6.14. The van der Waals surface area contributed by atoms with Crippen molar-refractivity contribution in [3.8, 4) is 0 Å². The molecule has 1 saturated heterocycles. The number of halogens is 1. The van der Waals surface area contributed by atoms with E-state index in [2.05, 4.69) is 15.3 Å². The van der Waals surface area contributed by atoms with Crippen LogP contribution in [0, 0.1) is 6.92 Å². The van der Waals surface area contributed by atoms with E-state index in [4.69, 9.17) is 16.6 Å². The molecule has 1 atom stereocenters. The standard InChI is InChI=1S/C26H27ClN6O2/c1-16-11-17(5-7-20(16)26(35)33-9-3-4-10-33)25(34)31-23(13-19-14-28-15-32(19)2)24-29-21-8-6-18(27)12-22(21)30-24/h5-8,11-12,14-15,23H,3-4,9-10,13H2,1-2H3,(H,29,30)(H,31,34)/t23-/m0/s1. The summed E-state index contributed by atoms with van der Waals surface area (Å²) in [5.74, 6) is 0.426. The largest absolute Gasteiger partial charge is 0.342 e. The highest BCUT2D eigenvalue weighted by Gasteiger charge is 2.24. The third kappa shape index (κ3) is 4.79. The Bertz CT molecular complexity index is 1400. The highest BCUT2D eigenvalue weighted by molar-refractivity contribution is 6.31. The van der Waals surface area contributed by atoms with Crippen molar-refractivity contribution >= 4 is 34.4 Å². The fourth-order valence-electron chi connectivity index (χ4n) is 4.55. The van der Waals surface area contributed by atoms with Gasteiger partial charge in [0.1, 0.15) is 5.82 Å². The smallest absolute Gasteiger partial charge is 0.254 e. The predicted octanol–water partition coefficient (Wildman–Crippen LogP) is 4.21. The van der Waals surface area contributed by atoms with Gasteiger partial charge in [-0.2, -0.15) is 0 Å². The van der Waals surface area contributed by atoms with Crippen LogP contribution in [0.15, 0.2) is 48.9 Å². The summed E-state index contributed by atoms with van der Waals surface area (Å²) in [7, 11) is 1.92. The Kier molecular flexibility index (Phi) is 6.30. The number of fused-ring (bicyclic) bond motifs is 1. The molecular formula is C26H27ClN6O2. The normalized spacial score (nSPS) is 14.4. The van der Waals surface area contributed by atoms with E-state index in [0.717, 1.165) is 48.2 Å². The van der Waals surface area contributed by atoms with Crippen LogP contribution >= 0.6 is 11.6 Å². The number of aromatic nitrogens is 4. The summed E-state index contributed by atoms with van der Waals surface area (Å²) in [6.07, 6.45) is 6.09. The van der Waals surface area contributed by atoms with Crippen LogP contribution in [0.1, 0.15) is 56.7 Å². The van der Waals surface area contributed by atoms with Gasteiger partial charge < -0.3 is 19.8 Å². The minimum atomic E-state index is -0.421. The molecule has 0 bridgehead atoms. The number of likely N-dealkylation sites (tertiary alicyclic amines) is 1. The number of carbonyl (C=O) groups excluding carboxylic acids is 2. The average molecular weight is 491 g/mol. The molecule has 8 nitrogen and oxygen atoms in total. The van der Waals surface area contributed by atoms with E-state index in [1.54, 1.807) is 36.8 Å². The molecule has 4 aromatic rings. The SMILES string of the molecule is Cc1cc(C(=O)N[C@@H](Cc2cncn2C)c2nc3ccc(Cl)cc3[nH]2)ccc1C(=O)N1CCCC1. The maximum atomic E-state index is 13.3. The fraction of sp³-hybridized carbons (Fsp3) is 0.308. The van der Waals surface area contributed by atoms with Crippen molar-refractivity contribution in [3.05, 3.63) is 82.2 Å². The van der Waals surface area contributed by atoms with Crippen molar-refractivity contribution in [2.75, 3.05) is 13.1 Å². The number of aromatic amines is 1. The van der Waals surface area contributed by atoms with Crippen molar-refractivity contribution in [1.82, 2.24) is 29.7 Å². The molecule has 0 saturated carbocycles. The predicted molar refractivity (Wildman–Crippen MR) is 135 cm³/mol. The molecule has 2 aromatic heterocycles. The molecule has 0 aliphatic carbocycles. The quantitative estimate of drug-likeness (QED) is 0.423. The zero-order valence-corrected chi connectivity index (χ0v) is 20.5. The molecule has 0 spiro atoms. The number of nitrogens with zero attached hydrogens (tertiary/aromatic N) is 4. The van der Waals surface area contributed by atoms with Crippen molar-refractivity contribution in [2.45, 2.75) is 32.2 Å². The number of aryl methyl sites for hydroxylation is 2. The second kappa shape index (κ2) is 9.54. The first-order valence-corrected chi connectivity index (χ1v) is 12.1. The van der Waals surface area contributed by atoms with Gasteiger partial charge >= 0.3 is 0 Å². The lowest BCUT2D eigenvalue weighted by atomic mass is 10.0. The van der Waals surface area contributed by atoms with Gasteiger partial charge in [-0.25, -0.2) is 9.97 Å². The van der Waals surface area contributed by atoms with Crippen LogP contribution in [-0.2, 0) is 13.5 Å². The molecule has 2 N–H and O–H groups in total. The van der Waals surface area contributed by atoms with Crippen LogP contribution < -0.4 is 5.32 Å². The number of imidazole rings is 2. The maximum absolute atomic E-state index is 13.3. The number of benzene rings is 2. The van der Waals surface area contributed by atoms with E-state index in [0.29, 0.717) is 28.4 Å². The van der Waals surface area contributed by atoms with Crippen LogP contribution in [0.3, 0.4) is 0 Å². The Morgan fingerprint density at radius 3 is 2.69 bits per heavy atom. The number of hydrogen-bond donors (Lipinski definition) is 2. The monoisotopic (exact) mass is 490 g/mol. The molecule has 2 aromatic carbocycles. The molecule has 9 heteroatoms. The molecule has 180 valence electrons. The van der Waals surface area contributed by atoms with Gasteiger partial charge in [-0.1, -0.05) is 11.6 Å². The number of rotatable bonds is 6. The number of amides is 2. The van der Waals surface area contributed by atoms with Crippen LogP contribution in [0.25, 0.3) is 11.0 Å². The summed E-state index contributed by atoms with van der Waals surface area (Å²) in [4.78, 5) is 40.2. The molecular weight excluding hydrogens is 464 g/mol. The summed E-state index contributed by atoms with van der Waals surface area (Å²) in [5.41, 5.74) is 4.46. The minimum Gasteiger partial charge on any atom is -0.342 e. The molecule has 1 fully saturated rings. The van der Waals surface area contributed by atoms with Crippen LogP contribution in [0.4, 0.5) is 0 Å². The Morgan fingerprint density at radius 1 is 1.17 bits per heavy atom. The summed E-state index contributed by atoms with van der Waals surface area (Å²) in [6, 6.07) is 10.3. The van der Waals surface area contributed by atoms with Gasteiger partial charge in [-0.05, 0) is 61.7 Å². The van der Waals surface area contributed by atoms with E-state index in [1.807, 2.05) is 35.6 Å². The number of hydrogen-bond acceptors (Lipinski definition) is 4. The van der Waals surface area contributed by atoms with Gasteiger partial charge in [-0.3, -0.25) is 9.59 Å². The van der Waals surface area contributed by atoms with Crippen molar-refractivity contribution in [1.29, 1.82) is 0 Å². The zero-order chi connectivity index (χ0) is 24.5. The topological polar surface area (TPSA) is 95.9 Å². The van der Waals surface area contributed by atoms with E-state index < -0.39 is 6.04 Å². The van der Waals surface area contributed by atoms with Gasteiger partial charge in [0.15, 0.2) is 0 Å².